The largest absolute Gasteiger partial charge is 0.495 e. The molecule has 0 amide bonds. The first-order valence-electron chi connectivity index (χ1n) is 40.8. The molecular weight excluding hydrogens is 1520 g/mol. The second-order valence-electron chi connectivity index (χ2n) is 31.4. The van der Waals surface area contributed by atoms with Gasteiger partial charge in [-0.2, -0.15) is 29.9 Å². The van der Waals surface area contributed by atoms with Crippen LogP contribution in [0.5, 0.6) is 0 Å². The number of hydrogen-bond acceptors (Lipinski definition) is 18. The number of hydrogen-bond donors (Lipinski definition) is 0. The monoisotopic (exact) mass is 1580 g/mol. The Morgan fingerprint density at radius 2 is 0.301 bits per heavy atom. The van der Waals surface area contributed by atoms with Gasteiger partial charge in [-0.25, -0.2) is 29.9 Å². The predicted molar refractivity (Wildman–Crippen MR) is 489 cm³/mol. The van der Waals surface area contributed by atoms with Crippen molar-refractivity contribution < 1.29 is 0 Å². The topological polar surface area (TPSA) is 204 Å². The number of fused-ring (bicyclic) bond motifs is 30. The first-order valence-corrected chi connectivity index (χ1v) is 40.8. The Hall–Kier alpha value is -17.1. The molecule has 16 heterocycles. The van der Waals surface area contributed by atoms with Gasteiger partial charge in [-0.1, -0.05) is 218 Å². The highest BCUT2D eigenvalue weighted by molar-refractivity contribution is 7.11. The van der Waals surface area contributed by atoms with E-state index in [-0.39, 0.29) is 17.8 Å². The first-order chi connectivity index (χ1) is 61.1. The Labute approximate surface area is 698 Å². The number of nitrogens with zero attached hydrogens (tertiary/aromatic N) is 24. The lowest BCUT2D eigenvalue weighted by Crippen LogP contribution is -2.84. The molecule has 0 N–H and O–H groups in total. The molecule has 4 aliphatic heterocycles. The van der Waals surface area contributed by atoms with Gasteiger partial charge in [0.15, 0.2) is 34.9 Å². The molecule has 27 heteroatoms. The number of aromatic nitrogens is 18. The van der Waals surface area contributed by atoms with E-state index in [0.717, 1.165) is 131 Å². The molecule has 1 saturated heterocycles. The van der Waals surface area contributed by atoms with Crippen LogP contribution in [0.3, 0.4) is 0 Å². The second kappa shape index (κ2) is 24.8. The molecule has 0 aliphatic carbocycles. The minimum atomic E-state index is -1.10. The van der Waals surface area contributed by atoms with E-state index >= 15 is 0 Å². The molecule has 12 aromatic heterocycles. The fourth-order valence-electron chi connectivity index (χ4n) is 20.4. The van der Waals surface area contributed by atoms with Crippen molar-refractivity contribution in [1.29, 1.82) is 0 Å². The van der Waals surface area contributed by atoms with Crippen LogP contribution < -0.4 is 28.6 Å². The molecule has 123 heavy (non-hydrogen) atoms. The zero-order valence-corrected chi connectivity index (χ0v) is 64.9. The smallest absolute Gasteiger partial charge is 0.365 e. The van der Waals surface area contributed by atoms with Crippen LogP contribution in [0.15, 0.2) is 347 Å². The van der Waals surface area contributed by atoms with Crippen LogP contribution in [0.4, 0.5) is 52.8 Å². The molecule has 570 valence electrons. The van der Waals surface area contributed by atoms with Crippen molar-refractivity contribution in [3.05, 3.63) is 347 Å². The average molecular weight is 1580 g/mol. The lowest BCUT2D eigenvalue weighted by molar-refractivity contribution is 0.969. The van der Waals surface area contributed by atoms with Gasteiger partial charge in [-0.3, -0.25) is 41.8 Å². The summed E-state index contributed by atoms with van der Waals surface area (Å²) in [5.41, 5.74) is 11.5. The normalized spacial score (nSPS) is 13.7. The zero-order chi connectivity index (χ0) is 80.0. The summed E-state index contributed by atoms with van der Waals surface area (Å²) in [7, 11) is -3.29. The third-order valence-electron chi connectivity index (χ3n) is 25.1. The van der Waals surface area contributed by atoms with Crippen molar-refractivity contribution in [1.82, 2.24) is 87.2 Å². The lowest BCUT2D eigenvalue weighted by atomic mass is 9.56. The number of para-hydroxylation sites is 12. The van der Waals surface area contributed by atoms with Gasteiger partial charge < -0.3 is 14.2 Å². The van der Waals surface area contributed by atoms with E-state index in [2.05, 4.69) is 365 Å². The Bertz CT molecular complexity index is 7190. The molecule has 24 nitrogen and oxygen atoms in total. The quantitative estimate of drug-likeness (QED) is 0.123. The van der Waals surface area contributed by atoms with E-state index in [1.54, 1.807) is 37.2 Å². The molecule has 0 bridgehead atoms. The fraction of sp³-hybridized carbons (Fsp3) is 0. The highest BCUT2D eigenvalue weighted by Crippen LogP contribution is 2.56. The molecule has 24 aromatic rings. The standard InChI is InChI=1S/C96H57B3N24/c1-13-37-70-58(25-1)59-26-2-14-38-71(59)112(70)82-55-83(113-72-39-15-3-27-60(72)61-28-4-16-40-73(61)113)107-94(106-82)118-88-91(103-52-49-100-88)121-97(118)122-92-89(101-50-53-104-92)119(95-108-84(114-74-41-17-5-29-62(74)63-30-6-18-42-75(63)114)56-85(109-95)115-76-43-19-7-31-64(76)65-32-8-20-44-77(65)115)99(122)123-93-90(102-51-54-105-93)120(98(121)123)96-110-86(116-78-45-21-9-33-66(78)67-34-10-22-46-79(67)116)57-87(111-96)117-80-47-23-11-35-68(80)69-36-12-24-48-81(69)117/h1-57H. The Morgan fingerprint density at radius 3 is 0.455 bits per heavy atom. The van der Waals surface area contributed by atoms with E-state index in [4.69, 9.17) is 59.8 Å². The molecule has 12 aromatic carbocycles. The van der Waals surface area contributed by atoms with Crippen molar-refractivity contribution >= 4 is 205 Å². The van der Waals surface area contributed by atoms with E-state index in [9.17, 15) is 0 Å². The molecule has 0 spiro atoms. The molecule has 0 unspecified atom stereocenters. The molecule has 1 fully saturated rings. The number of benzene rings is 12. The van der Waals surface area contributed by atoms with Crippen LogP contribution in [0.25, 0.3) is 166 Å². The van der Waals surface area contributed by atoms with E-state index in [0.29, 0.717) is 69.8 Å². The van der Waals surface area contributed by atoms with Gasteiger partial charge in [-0.05, 0) is 72.8 Å². The first kappa shape index (κ1) is 66.0. The maximum absolute atomic E-state index is 6.01. The Balaban J connectivity index is 0.755. The average Bonchev–Trinajstić information content (AvgIpc) is 1.50. The lowest BCUT2D eigenvalue weighted by Gasteiger charge is -2.49. The Morgan fingerprint density at radius 1 is 0.163 bits per heavy atom. The van der Waals surface area contributed by atoms with Crippen molar-refractivity contribution in [2.75, 3.05) is 28.6 Å². The van der Waals surface area contributed by atoms with Crippen molar-refractivity contribution in [3.63, 3.8) is 0 Å². The highest BCUT2D eigenvalue weighted by atomic mass is 15.6. The molecular formula is C96H57B3N24. The zero-order valence-electron chi connectivity index (χ0n) is 64.9. The van der Waals surface area contributed by atoms with E-state index < -0.39 is 21.4 Å². The van der Waals surface area contributed by atoms with Crippen molar-refractivity contribution in [2.45, 2.75) is 0 Å². The maximum atomic E-state index is 6.01. The maximum Gasteiger partial charge on any atom is 0.495 e. The summed E-state index contributed by atoms with van der Waals surface area (Å²) in [4.78, 5) is 75.7. The minimum absolute atomic E-state index is 0.284. The van der Waals surface area contributed by atoms with Crippen molar-refractivity contribution in [2.24, 2.45) is 0 Å². The van der Waals surface area contributed by atoms with Crippen LogP contribution in [0.1, 0.15) is 0 Å². The summed E-state index contributed by atoms with van der Waals surface area (Å²) < 4.78 is 20.2. The molecule has 0 radical (unpaired) electrons. The van der Waals surface area contributed by atoms with Gasteiger partial charge in [-0.15, -0.1) is 0 Å². The van der Waals surface area contributed by atoms with Crippen LogP contribution in [-0.4, -0.2) is 109 Å². The van der Waals surface area contributed by atoms with E-state index in [1.165, 1.54) is 0 Å². The summed E-state index contributed by atoms with van der Waals surface area (Å²) in [6.45, 7) is 0. The van der Waals surface area contributed by atoms with Crippen LogP contribution >= 0.6 is 0 Å². The Kier molecular flexibility index (Phi) is 13.3. The summed E-state index contributed by atoms with van der Waals surface area (Å²) in [5.74, 6) is 7.10. The third-order valence-corrected chi connectivity index (χ3v) is 25.1. The summed E-state index contributed by atoms with van der Waals surface area (Å²) in [6, 6.07) is 109. The van der Waals surface area contributed by atoms with Gasteiger partial charge in [0.2, 0.25) is 17.8 Å². The number of rotatable bonds is 9. The van der Waals surface area contributed by atoms with Crippen LogP contribution in [-0.2, 0) is 0 Å². The summed E-state index contributed by atoms with van der Waals surface area (Å²) in [6.07, 6.45) is 10.4. The van der Waals surface area contributed by atoms with Crippen LogP contribution in [0, 0.1) is 0 Å². The molecule has 4 aliphatic rings. The van der Waals surface area contributed by atoms with Gasteiger partial charge in [0, 0.05) is 120 Å². The van der Waals surface area contributed by atoms with Gasteiger partial charge in [0.05, 0.1) is 66.2 Å². The minimum Gasteiger partial charge on any atom is -0.365 e. The van der Waals surface area contributed by atoms with Gasteiger partial charge in [0.25, 0.3) is 0 Å². The van der Waals surface area contributed by atoms with Gasteiger partial charge >= 0.3 is 21.4 Å². The van der Waals surface area contributed by atoms with Crippen LogP contribution in [0.2, 0.25) is 0 Å². The predicted octanol–water partition coefficient (Wildman–Crippen LogP) is 19.3. The third kappa shape index (κ3) is 8.97. The molecule has 0 saturated carbocycles. The van der Waals surface area contributed by atoms with E-state index in [1.807, 2.05) is 0 Å². The number of anilines is 9. The summed E-state index contributed by atoms with van der Waals surface area (Å²) >= 11 is 0. The van der Waals surface area contributed by atoms with Crippen molar-refractivity contribution in [3.8, 4) is 34.9 Å². The fourth-order valence-corrected chi connectivity index (χ4v) is 20.4. The summed E-state index contributed by atoms with van der Waals surface area (Å²) in [5, 5.41) is 12.8. The second-order valence-corrected chi connectivity index (χ2v) is 31.4. The molecule has 0 atom stereocenters. The molecule has 28 rings (SSSR count). The highest BCUT2D eigenvalue weighted by Gasteiger charge is 2.73. The van der Waals surface area contributed by atoms with Gasteiger partial charge in [0.1, 0.15) is 34.9 Å². The SMILES string of the molecule is c1ccc2c(c1)c1ccccc1n2-c1cc(-n2c3ccccc3c3ccccc32)nc(N2B3N(B4N(B5N3c3nccnc3N5c3nc(-n5c6ccccc6c6ccccc65)cc(-n5c6ccccc6c6ccccc65)n3)c3nccnc3N4c3nc(-n4c5ccccc5c5ccccc54)cc(-n4c5ccccc5c5ccccc54)n3)c3nccnc32)n1.